The number of rotatable bonds is 6. The van der Waals surface area contributed by atoms with Crippen molar-refractivity contribution in [3.63, 3.8) is 0 Å². The highest BCUT2D eigenvalue weighted by Crippen LogP contribution is 2.31. The second-order valence-corrected chi connectivity index (χ2v) is 3.84. The first kappa shape index (κ1) is 13.4. The van der Waals surface area contributed by atoms with Crippen LogP contribution in [0, 0.1) is 0 Å². The summed E-state index contributed by atoms with van der Waals surface area (Å²) in [6.07, 6.45) is 0.109. The lowest BCUT2D eigenvalue weighted by molar-refractivity contribution is -0.137. The summed E-state index contributed by atoms with van der Waals surface area (Å²) in [4.78, 5) is 10.7. The molecule has 0 bridgehead atoms. The van der Waals surface area contributed by atoms with Crippen molar-refractivity contribution in [3.8, 4) is 11.5 Å². The Hall–Kier alpha value is -1.71. The van der Waals surface area contributed by atoms with Crippen molar-refractivity contribution in [1.29, 1.82) is 0 Å². The summed E-state index contributed by atoms with van der Waals surface area (Å²) in [5.41, 5.74) is 0.941. The molecule has 1 rings (SSSR count). The van der Waals surface area contributed by atoms with Crippen molar-refractivity contribution in [2.45, 2.75) is 26.2 Å². The van der Waals surface area contributed by atoms with E-state index >= 15 is 0 Å². The highest BCUT2D eigenvalue weighted by molar-refractivity contribution is 5.68. The van der Waals surface area contributed by atoms with Crippen molar-refractivity contribution >= 4 is 5.97 Å². The van der Waals surface area contributed by atoms with Crippen LogP contribution in [-0.4, -0.2) is 24.8 Å². The van der Waals surface area contributed by atoms with Gasteiger partial charge in [0.05, 0.1) is 20.1 Å². The molecule has 1 atom stereocenters. The fourth-order valence-corrected chi connectivity index (χ4v) is 1.65. The molecule has 1 N–H and O–H groups in total. The van der Waals surface area contributed by atoms with E-state index in [4.69, 9.17) is 14.6 Å². The summed E-state index contributed by atoms with van der Waals surface area (Å²) in [7, 11) is 1.58. The number of carboxylic acid groups (broad SMARTS) is 1. The molecule has 0 amide bonds. The summed E-state index contributed by atoms with van der Waals surface area (Å²) < 4.78 is 10.6. The van der Waals surface area contributed by atoms with E-state index < -0.39 is 5.97 Å². The molecule has 0 heterocycles. The molecule has 0 radical (unpaired) electrons. The molecule has 0 saturated carbocycles. The predicted molar refractivity (Wildman–Crippen MR) is 64.8 cm³/mol. The Morgan fingerprint density at radius 3 is 2.65 bits per heavy atom. The lowest BCUT2D eigenvalue weighted by Crippen LogP contribution is -2.04. The molecule has 1 aromatic rings. The second kappa shape index (κ2) is 6.13. The minimum Gasteiger partial charge on any atom is -0.493 e. The van der Waals surface area contributed by atoms with Gasteiger partial charge in [-0.15, -0.1) is 0 Å². The number of methoxy groups -OCH3 is 1. The zero-order valence-electron chi connectivity index (χ0n) is 10.4. The fourth-order valence-electron chi connectivity index (χ4n) is 1.65. The highest BCUT2D eigenvalue weighted by atomic mass is 16.5. The topological polar surface area (TPSA) is 55.8 Å². The number of carboxylic acids is 1. The summed E-state index contributed by atoms with van der Waals surface area (Å²) in [5, 5.41) is 8.76. The molecule has 4 nitrogen and oxygen atoms in total. The van der Waals surface area contributed by atoms with Gasteiger partial charge in [-0.1, -0.05) is 13.0 Å². The predicted octanol–water partition coefficient (Wildman–Crippen LogP) is 2.67. The van der Waals surface area contributed by atoms with Gasteiger partial charge in [0.2, 0.25) is 0 Å². The van der Waals surface area contributed by atoms with Gasteiger partial charge in [0.25, 0.3) is 0 Å². The maximum atomic E-state index is 10.7. The highest BCUT2D eigenvalue weighted by Gasteiger charge is 2.13. The first-order chi connectivity index (χ1) is 8.08. The van der Waals surface area contributed by atoms with Gasteiger partial charge in [0.15, 0.2) is 11.5 Å². The Kier molecular flexibility index (Phi) is 4.82. The summed E-state index contributed by atoms with van der Waals surface area (Å²) >= 11 is 0. The van der Waals surface area contributed by atoms with Crippen LogP contribution < -0.4 is 9.47 Å². The average Bonchev–Trinajstić information content (AvgIpc) is 2.28. The molecule has 0 aliphatic rings. The van der Waals surface area contributed by atoms with Crippen LogP contribution in [0.2, 0.25) is 0 Å². The van der Waals surface area contributed by atoms with Gasteiger partial charge in [-0.05, 0) is 30.5 Å². The van der Waals surface area contributed by atoms with Crippen molar-refractivity contribution in [3.05, 3.63) is 23.8 Å². The van der Waals surface area contributed by atoms with Gasteiger partial charge in [-0.25, -0.2) is 0 Å². The Bertz CT molecular complexity index is 387. The van der Waals surface area contributed by atoms with E-state index in [1.54, 1.807) is 13.2 Å². The molecule has 0 fully saturated rings. The molecular weight excluding hydrogens is 220 g/mol. The van der Waals surface area contributed by atoms with Crippen molar-refractivity contribution in [2.24, 2.45) is 0 Å². The number of hydrogen-bond acceptors (Lipinski definition) is 3. The molecule has 17 heavy (non-hydrogen) atoms. The molecule has 0 aliphatic carbocycles. The fraction of sp³-hybridized carbons (Fsp3) is 0.462. The lowest BCUT2D eigenvalue weighted by atomic mass is 9.97. The number of aliphatic carboxylic acids is 1. The van der Waals surface area contributed by atoms with Crippen LogP contribution in [0.5, 0.6) is 11.5 Å². The van der Waals surface area contributed by atoms with E-state index in [0.29, 0.717) is 18.1 Å². The average molecular weight is 238 g/mol. The number of ether oxygens (including phenoxy) is 2. The van der Waals surface area contributed by atoms with E-state index in [2.05, 4.69) is 0 Å². The Balaban J connectivity index is 2.94. The summed E-state index contributed by atoms with van der Waals surface area (Å²) in [5.74, 6) is 0.478. The SMILES string of the molecule is CCOc1cc(C(C)CC(=O)O)ccc1OC. The molecular formula is C13H18O4. The maximum Gasteiger partial charge on any atom is 0.303 e. The lowest BCUT2D eigenvalue weighted by Gasteiger charge is -2.14. The minimum absolute atomic E-state index is 0.0439. The Morgan fingerprint density at radius 2 is 2.12 bits per heavy atom. The van der Waals surface area contributed by atoms with E-state index in [0.717, 1.165) is 5.56 Å². The Labute approximate surface area is 101 Å². The normalized spacial score (nSPS) is 11.9. The van der Waals surface area contributed by atoms with Crippen molar-refractivity contribution < 1.29 is 19.4 Å². The van der Waals surface area contributed by atoms with Gasteiger partial charge in [0, 0.05) is 0 Å². The summed E-state index contributed by atoms with van der Waals surface area (Å²) in [6, 6.07) is 5.52. The number of hydrogen-bond donors (Lipinski definition) is 1. The molecule has 1 aromatic carbocycles. The van der Waals surface area contributed by atoms with Crippen LogP contribution in [0.25, 0.3) is 0 Å². The maximum absolute atomic E-state index is 10.7. The smallest absolute Gasteiger partial charge is 0.303 e. The van der Waals surface area contributed by atoms with Crippen molar-refractivity contribution in [2.75, 3.05) is 13.7 Å². The quantitative estimate of drug-likeness (QED) is 0.827. The van der Waals surface area contributed by atoms with Gasteiger partial charge in [-0.3, -0.25) is 4.79 Å². The third kappa shape index (κ3) is 3.66. The minimum atomic E-state index is -0.800. The molecule has 1 unspecified atom stereocenters. The standard InChI is InChI=1S/C13H18O4/c1-4-17-12-8-10(5-6-11(12)16-3)9(2)7-13(14)15/h5-6,8-9H,4,7H2,1-3H3,(H,14,15). The molecule has 0 aromatic heterocycles. The van der Waals surface area contributed by atoms with E-state index in [9.17, 15) is 4.79 Å². The molecule has 0 spiro atoms. The van der Waals surface area contributed by atoms with Gasteiger partial charge < -0.3 is 14.6 Å². The monoisotopic (exact) mass is 238 g/mol. The zero-order valence-corrected chi connectivity index (χ0v) is 10.4. The second-order valence-electron chi connectivity index (χ2n) is 3.84. The van der Waals surface area contributed by atoms with Crippen LogP contribution in [0.3, 0.4) is 0 Å². The van der Waals surface area contributed by atoms with Crippen LogP contribution >= 0.6 is 0 Å². The van der Waals surface area contributed by atoms with Crippen LogP contribution in [0.15, 0.2) is 18.2 Å². The number of benzene rings is 1. The molecule has 0 aliphatic heterocycles. The first-order valence-electron chi connectivity index (χ1n) is 5.61. The first-order valence-corrected chi connectivity index (χ1v) is 5.61. The zero-order chi connectivity index (χ0) is 12.8. The largest absolute Gasteiger partial charge is 0.493 e. The molecule has 4 heteroatoms. The van der Waals surface area contributed by atoms with Crippen LogP contribution in [0.4, 0.5) is 0 Å². The van der Waals surface area contributed by atoms with E-state index in [-0.39, 0.29) is 12.3 Å². The van der Waals surface area contributed by atoms with Gasteiger partial charge >= 0.3 is 5.97 Å². The third-order valence-electron chi connectivity index (χ3n) is 2.54. The summed E-state index contributed by atoms with van der Waals surface area (Å²) in [6.45, 7) is 4.32. The molecule has 94 valence electrons. The van der Waals surface area contributed by atoms with Crippen LogP contribution in [0.1, 0.15) is 31.7 Å². The van der Waals surface area contributed by atoms with Crippen molar-refractivity contribution in [1.82, 2.24) is 0 Å². The van der Waals surface area contributed by atoms with Gasteiger partial charge in [-0.2, -0.15) is 0 Å². The van der Waals surface area contributed by atoms with Crippen LogP contribution in [-0.2, 0) is 4.79 Å². The van der Waals surface area contributed by atoms with E-state index in [1.165, 1.54) is 0 Å². The third-order valence-corrected chi connectivity index (χ3v) is 2.54. The molecule has 0 saturated heterocycles. The number of carbonyl (C=O) groups is 1. The van der Waals surface area contributed by atoms with E-state index in [1.807, 2.05) is 26.0 Å². The Morgan fingerprint density at radius 1 is 1.41 bits per heavy atom. The van der Waals surface area contributed by atoms with Gasteiger partial charge in [0.1, 0.15) is 0 Å².